The van der Waals surface area contributed by atoms with Crippen LogP contribution < -0.4 is 5.32 Å². The Morgan fingerprint density at radius 2 is 1.15 bits per heavy atom. The number of carbonyl (C=O) groups excluding carboxylic acids is 1. The molecular formula is C31H53NO2. The summed E-state index contributed by atoms with van der Waals surface area (Å²) >= 11 is 0. The Balaban J connectivity index is 4.20. The molecule has 0 rings (SSSR count). The maximum atomic E-state index is 12.2. The molecule has 0 fully saturated rings. The van der Waals surface area contributed by atoms with E-state index in [1.54, 1.807) is 6.08 Å². The van der Waals surface area contributed by atoms with Crippen molar-refractivity contribution in [3.63, 3.8) is 0 Å². The Morgan fingerprint density at radius 1 is 0.647 bits per heavy atom. The van der Waals surface area contributed by atoms with Crippen molar-refractivity contribution in [1.29, 1.82) is 0 Å². The Kier molecular flexibility index (Phi) is 22.9. The zero-order valence-corrected chi connectivity index (χ0v) is 22.4. The molecule has 0 aromatic heterocycles. The van der Waals surface area contributed by atoms with Gasteiger partial charge in [-0.2, -0.15) is 0 Å². The first-order valence-electron chi connectivity index (χ1n) is 13.9. The van der Waals surface area contributed by atoms with Crippen LogP contribution >= 0.6 is 0 Å². The van der Waals surface area contributed by atoms with Crippen molar-refractivity contribution in [2.75, 3.05) is 6.54 Å². The van der Waals surface area contributed by atoms with E-state index in [1.807, 2.05) is 30.4 Å². The predicted octanol–water partition coefficient (Wildman–Crippen LogP) is 8.53. The van der Waals surface area contributed by atoms with Gasteiger partial charge in [0.2, 0.25) is 5.91 Å². The molecule has 0 saturated heterocycles. The number of allylic oxidation sites excluding steroid dienone is 9. The molecule has 0 heterocycles. The first kappa shape index (κ1) is 32.1. The SMILES string of the molecule is CCCCC=CC=CC=CC=CCCC=CC(=O)NCC(O)(CCCCCC)CCCCCC. The quantitative estimate of drug-likeness (QED) is 0.0944. The minimum absolute atomic E-state index is 0.110. The highest BCUT2D eigenvalue weighted by Gasteiger charge is 2.26. The topological polar surface area (TPSA) is 49.3 Å². The van der Waals surface area contributed by atoms with Crippen LogP contribution in [0.15, 0.2) is 60.8 Å². The highest BCUT2D eigenvalue weighted by atomic mass is 16.3. The normalized spacial score (nSPS) is 12.9. The van der Waals surface area contributed by atoms with Crippen LogP contribution in [-0.2, 0) is 4.79 Å². The standard InChI is InChI=1S/C31H53NO2/c1-4-7-10-13-14-15-16-17-18-19-20-21-22-23-26-30(33)32-29-31(34,27-24-11-8-5-2)28-25-12-9-6-3/h13-20,23,26,34H,4-12,21-22,24-25,27-29H2,1-3H3,(H,32,33). The van der Waals surface area contributed by atoms with Gasteiger partial charge in [-0.1, -0.05) is 140 Å². The van der Waals surface area contributed by atoms with E-state index in [1.165, 1.54) is 38.5 Å². The molecule has 2 N–H and O–H groups in total. The molecule has 0 aromatic carbocycles. The maximum Gasteiger partial charge on any atom is 0.243 e. The second kappa shape index (κ2) is 24.3. The minimum atomic E-state index is -0.778. The third-order valence-electron chi connectivity index (χ3n) is 5.90. The Morgan fingerprint density at radius 3 is 1.71 bits per heavy atom. The monoisotopic (exact) mass is 471 g/mol. The summed E-state index contributed by atoms with van der Waals surface area (Å²) < 4.78 is 0. The van der Waals surface area contributed by atoms with Crippen molar-refractivity contribution in [2.24, 2.45) is 0 Å². The van der Waals surface area contributed by atoms with Crippen molar-refractivity contribution in [1.82, 2.24) is 5.32 Å². The summed E-state index contributed by atoms with van der Waals surface area (Å²) in [6, 6.07) is 0. The van der Waals surface area contributed by atoms with E-state index >= 15 is 0 Å². The largest absolute Gasteiger partial charge is 0.388 e. The second-order valence-electron chi connectivity index (χ2n) is 9.31. The van der Waals surface area contributed by atoms with E-state index in [0.29, 0.717) is 6.54 Å². The van der Waals surface area contributed by atoms with Gasteiger partial charge in [-0.05, 0) is 38.2 Å². The lowest BCUT2D eigenvalue weighted by Crippen LogP contribution is -2.42. The van der Waals surface area contributed by atoms with E-state index < -0.39 is 5.60 Å². The molecule has 0 radical (unpaired) electrons. The molecule has 0 unspecified atom stereocenters. The lowest BCUT2D eigenvalue weighted by molar-refractivity contribution is -0.118. The first-order valence-corrected chi connectivity index (χ1v) is 13.9. The highest BCUT2D eigenvalue weighted by Crippen LogP contribution is 2.22. The fourth-order valence-corrected chi connectivity index (χ4v) is 3.68. The van der Waals surface area contributed by atoms with Gasteiger partial charge in [-0.25, -0.2) is 0 Å². The van der Waals surface area contributed by atoms with Crippen molar-refractivity contribution in [3.8, 4) is 0 Å². The van der Waals surface area contributed by atoms with Crippen LogP contribution in [0.4, 0.5) is 0 Å². The fraction of sp³-hybridized carbons (Fsp3) is 0.645. The van der Waals surface area contributed by atoms with Crippen LogP contribution in [0.5, 0.6) is 0 Å². The summed E-state index contributed by atoms with van der Waals surface area (Å²) in [5.41, 5.74) is -0.778. The number of amides is 1. The first-order chi connectivity index (χ1) is 16.6. The van der Waals surface area contributed by atoms with Gasteiger partial charge in [0, 0.05) is 6.54 Å². The van der Waals surface area contributed by atoms with Gasteiger partial charge >= 0.3 is 0 Å². The average molecular weight is 472 g/mol. The van der Waals surface area contributed by atoms with E-state index in [0.717, 1.165) is 57.8 Å². The molecule has 194 valence electrons. The van der Waals surface area contributed by atoms with Crippen LogP contribution in [0.1, 0.15) is 117 Å². The van der Waals surface area contributed by atoms with Crippen LogP contribution in [-0.4, -0.2) is 23.2 Å². The van der Waals surface area contributed by atoms with Gasteiger partial charge in [-0.15, -0.1) is 0 Å². The summed E-state index contributed by atoms with van der Waals surface area (Å²) in [6.45, 7) is 6.95. The summed E-state index contributed by atoms with van der Waals surface area (Å²) in [5, 5.41) is 14.0. The summed E-state index contributed by atoms with van der Waals surface area (Å²) in [6.07, 6.45) is 36.1. The molecule has 0 aliphatic rings. The van der Waals surface area contributed by atoms with Crippen molar-refractivity contribution in [2.45, 2.75) is 123 Å². The zero-order valence-electron chi connectivity index (χ0n) is 22.4. The second-order valence-corrected chi connectivity index (χ2v) is 9.31. The number of unbranched alkanes of at least 4 members (excludes halogenated alkanes) is 9. The van der Waals surface area contributed by atoms with Gasteiger partial charge in [0.05, 0.1) is 5.60 Å². The zero-order chi connectivity index (χ0) is 25.2. The lowest BCUT2D eigenvalue weighted by atomic mass is 9.89. The minimum Gasteiger partial charge on any atom is -0.388 e. The molecule has 0 aliphatic carbocycles. The van der Waals surface area contributed by atoms with Crippen LogP contribution in [0, 0.1) is 0 Å². The third kappa shape index (κ3) is 21.9. The van der Waals surface area contributed by atoms with Crippen molar-refractivity contribution < 1.29 is 9.90 Å². The van der Waals surface area contributed by atoms with E-state index in [-0.39, 0.29) is 5.91 Å². The predicted molar refractivity (Wildman–Crippen MR) is 150 cm³/mol. The number of aliphatic hydroxyl groups is 1. The molecule has 34 heavy (non-hydrogen) atoms. The molecule has 0 aliphatic heterocycles. The summed E-state index contributed by atoms with van der Waals surface area (Å²) in [4.78, 5) is 12.2. The highest BCUT2D eigenvalue weighted by molar-refractivity contribution is 5.87. The summed E-state index contributed by atoms with van der Waals surface area (Å²) in [7, 11) is 0. The van der Waals surface area contributed by atoms with Gasteiger partial charge in [-0.3, -0.25) is 4.79 Å². The maximum absolute atomic E-state index is 12.2. The number of carbonyl (C=O) groups is 1. The van der Waals surface area contributed by atoms with Gasteiger partial charge in [0.1, 0.15) is 0 Å². The van der Waals surface area contributed by atoms with E-state index in [2.05, 4.69) is 50.4 Å². The Hall–Kier alpha value is -1.87. The Bertz CT molecular complexity index is 601. The molecule has 0 aromatic rings. The van der Waals surface area contributed by atoms with E-state index in [4.69, 9.17) is 0 Å². The van der Waals surface area contributed by atoms with Crippen LogP contribution in [0.3, 0.4) is 0 Å². The van der Waals surface area contributed by atoms with Crippen molar-refractivity contribution in [3.05, 3.63) is 60.8 Å². The number of rotatable bonds is 22. The van der Waals surface area contributed by atoms with Crippen molar-refractivity contribution >= 4 is 5.91 Å². The number of hydrogen-bond donors (Lipinski definition) is 2. The third-order valence-corrected chi connectivity index (χ3v) is 5.90. The Labute approximate surface area is 211 Å². The van der Waals surface area contributed by atoms with Gasteiger partial charge in [0.25, 0.3) is 0 Å². The van der Waals surface area contributed by atoms with Crippen LogP contribution in [0.25, 0.3) is 0 Å². The molecule has 0 atom stereocenters. The number of hydrogen-bond acceptors (Lipinski definition) is 2. The summed E-state index contributed by atoms with van der Waals surface area (Å²) in [5.74, 6) is -0.110. The van der Waals surface area contributed by atoms with Crippen LogP contribution in [0.2, 0.25) is 0 Å². The molecule has 0 spiro atoms. The van der Waals surface area contributed by atoms with Gasteiger partial charge < -0.3 is 10.4 Å². The molecule has 0 saturated carbocycles. The fourth-order valence-electron chi connectivity index (χ4n) is 3.68. The molecule has 3 nitrogen and oxygen atoms in total. The molecule has 3 heteroatoms. The number of nitrogens with one attached hydrogen (secondary N) is 1. The smallest absolute Gasteiger partial charge is 0.243 e. The average Bonchev–Trinajstić information content (AvgIpc) is 2.84. The van der Waals surface area contributed by atoms with Gasteiger partial charge in [0.15, 0.2) is 0 Å². The van der Waals surface area contributed by atoms with E-state index in [9.17, 15) is 9.90 Å². The molecule has 1 amide bonds. The molecule has 0 bridgehead atoms. The lowest BCUT2D eigenvalue weighted by Gasteiger charge is -2.28. The molecular weight excluding hydrogens is 418 g/mol.